The van der Waals surface area contributed by atoms with Crippen LogP contribution in [0, 0.1) is 19.1 Å². The van der Waals surface area contributed by atoms with Crippen LogP contribution in [-0.4, -0.2) is 26.5 Å². The highest BCUT2D eigenvalue weighted by molar-refractivity contribution is 7.99. The zero-order chi connectivity index (χ0) is 16.4. The molecule has 0 saturated carbocycles. The van der Waals surface area contributed by atoms with Crippen LogP contribution in [0.3, 0.4) is 0 Å². The first kappa shape index (κ1) is 15.8. The molecule has 0 aliphatic rings. The Balaban J connectivity index is 1.69. The number of hydrogen-bond acceptors (Lipinski definition) is 4. The molecule has 0 bridgehead atoms. The highest BCUT2D eigenvalue weighted by Gasteiger charge is 2.13. The minimum atomic E-state index is -0.556. The van der Waals surface area contributed by atoms with Crippen LogP contribution in [0.2, 0.25) is 0 Å². The van der Waals surface area contributed by atoms with Gasteiger partial charge in [0.2, 0.25) is 0 Å². The number of aryl methyl sites for hydroxylation is 2. The molecule has 1 atom stereocenters. The van der Waals surface area contributed by atoms with Crippen LogP contribution < -0.4 is 4.73 Å². The summed E-state index contributed by atoms with van der Waals surface area (Å²) >= 11 is 1.35. The minimum absolute atomic E-state index is 0.455. The molecular weight excluding hydrogens is 310 g/mol. The Morgan fingerprint density at radius 2 is 2.09 bits per heavy atom. The largest absolute Gasteiger partial charge is 0.618 e. The van der Waals surface area contributed by atoms with Crippen LogP contribution in [0.4, 0.5) is 0 Å². The molecule has 23 heavy (non-hydrogen) atoms. The summed E-state index contributed by atoms with van der Waals surface area (Å²) in [7, 11) is 0. The Hall–Kier alpha value is -2.05. The molecule has 0 amide bonds. The third-order valence-corrected chi connectivity index (χ3v) is 5.02. The smallest absolute Gasteiger partial charge is 0.251 e. The van der Waals surface area contributed by atoms with E-state index in [1.807, 2.05) is 10.6 Å². The van der Waals surface area contributed by atoms with E-state index in [1.165, 1.54) is 29.1 Å². The maximum Gasteiger partial charge on any atom is 0.251 e. The quantitative estimate of drug-likeness (QED) is 0.444. The van der Waals surface area contributed by atoms with Gasteiger partial charge in [-0.3, -0.25) is 0 Å². The Bertz CT molecular complexity index is 832. The number of benzene rings is 1. The fourth-order valence-electron chi connectivity index (χ4n) is 2.44. The van der Waals surface area contributed by atoms with Crippen LogP contribution in [-0.2, 0) is 6.54 Å². The molecule has 0 unspecified atom stereocenters. The maximum absolute atomic E-state index is 11.6. The Morgan fingerprint density at radius 1 is 1.30 bits per heavy atom. The van der Waals surface area contributed by atoms with E-state index >= 15 is 0 Å². The summed E-state index contributed by atoms with van der Waals surface area (Å²) in [6, 6.07) is 9.42. The monoisotopic (exact) mass is 329 g/mol. The van der Waals surface area contributed by atoms with Gasteiger partial charge >= 0.3 is 0 Å². The van der Waals surface area contributed by atoms with Gasteiger partial charge in [-0.25, -0.2) is 4.98 Å². The summed E-state index contributed by atoms with van der Waals surface area (Å²) in [6.45, 7) is 4.59. The van der Waals surface area contributed by atoms with Crippen molar-refractivity contribution in [1.29, 1.82) is 0 Å². The molecule has 1 N–H and O–H groups in total. The van der Waals surface area contributed by atoms with E-state index in [0.29, 0.717) is 17.3 Å². The molecule has 0 aliphatic heterocycles. The molecule has 0 fully saturated rings. The van der Waals surface area contributed by atoms with Crippen molar-refractivity contribution in [1.82, 2.24) is 9.55 Å². The molecule has 0 saturated heterocycles. The van der Waals surface area contributed by atoms with Crippen molar-refractivity contribution in [3.8, 4) is 0 Å². The molecule has 1 aromatic carbocycles. The fraction of sp³-hybridized carbons (Fsp3) is 0.294. The molecule has 2 heterocycles. The van der Waals surface area contributed by atoms with E-state index in [1.54, 1.807) is 18.5 Å². The Morgan fingerprint density at radius 3 is 2.87 bits per heavy atom. The van der Waals surface area contributed by atoms with Crippen LogP contribution in [0.15, 0.2) is 47.9 Å². The second kappa shape index (κ2) is 6.60. The van der Waals surface area contributed by atoms with Gasteiger partial charge in [-0.1, -0.05) is 11.8 Å². The molecule has 2 aromatic heterocycles. The van der Waals surface area contributed by atoms with Crippen molar-refractivity contribution in [2.45, 2.75) is 31.5 Å². The minimum Gasteiger partial charge on any atom is -0.618 e. The van der Waals surface area contributed by atoms with Gasteiger partial charge in [-0.05, 0) is 43.2 Å². The Labute approximate surface area is 139 Å². The lowest BCUT2D eigenvalue weighted by Crippen LogP contribution is -2.28. The van der Waals surface area contributed by atoms with Crippen LogP contribution in [0.25, 0.3) is 11.0 Å². The van der Waals surface area contributed by atoms with Gasteiger partial charge in [0.25, 0.3) is 5.03 Å². The average Bonchev–Trinajstić information content (AvgIpc) is 2.89. The second-order valence-corrected chi connectivity index (χ2v) is 6.69. The third kappa shape index (κ3) is 3.48. The van der Waals surface area contributed by atoms with E-state index < -0.39 is 6.10 Å². The summed E-state index contributed by atoms with van der Waals surface area (Å²) in [5, 5.41) is 22.5. The van der Waals surface area contributed by atoms with Crippen LogP contribution in [0.1, 0.15) is 11.1 Å². The lowest BCUT2D eigenvalue weighted by Gasteiger charge is -2.12. The first-order valence-corrected chi connectivity index (χ1v) is 8.44. The first-order valence-electron chi connectivity index (χ1n) is 7.46. The fourth-order valence-corrected chi connectivity index (χ4v) is 3.28. The van der Waals surface area contributed by atoms with Crippen molar-refractivity contribution in [2.75, 3.05) is 5.75 Å². The number of aromatic nitrogens is 3. The number of pyridine rings is 1. The number of imidazole rings is 1. The SMILES string of the molecule is Cc1cc2ncn(C[C@H](O)CSc3cccc[n+]3[O-])c2cc1C. The molecule has 120 valence electrons. The first-order chi connectivity index (χ1) is 11.0. The molecule has 0 spiro atoms. The second-order valence-electron chi connectivity index (χ2n) is 5.65. The van der Waals surface area contributed by atoms with Crippen molar-refractivity contribution in [2.24, 2.45) is 0 Å². The molecule has 6 heteroatoms. The molecule has 0 aliphatic carbocycles. The number of aliphatic hydroxyl groups is 1. The van der Waals surface area contributed by atoms with Gasteiger partial charge in [0.1, 0.15) is 0 Å². The number of aliphatic hydroxyl groups excluding tert-OH is 1. The number of hydrogen-bond donors (Lipinski definition) is 1. The van der Waals surface area contributed by atoms with E-state index in [0.717, 1.165) is 15.8 Å². The highest BCUT2D eigenvalue weighted by atomic mass is 32.2. The van der Waals surface area contributed by atoms with Gasteiger partial charge in [0, 0.05) is 17.9 Å². The normalized spacial score (nSPS) is 12.7. The highest BCUT2D eigenvalue weighted by Crippen LogP contribution is 2.20. The lowest BCUT2D eigenvalue weighted by molar-refractivity contribution is -0.645. The van der Waals surface area contributed by atoms with Crippen molar-refractivity contribution < 1.29 is 9.84 Å². The van der Waals surface area contributed by atoms with E-state index in [9.17, 15) is 10.3 Å². The van der Waals surface area contributed by atoms with Crippen molar-refractivity contribution in [3.63, 3.8) is 0 Å². The summed E-state index contributed by atoms with van der Waals surface area (Å²) in [5.41, 5.74) is 4.38. The predicted molar refractivity (Wildman–Crippen MR) is 91.3 cm³/mol. The lowest BCUT2D eigenvalue weighted by atomic mass is 10.1. The van der Waals surface area contributed by atoms with Crippen molar-refractivity contribution in [3.05, 3.63) is 59.2 Å². The van der Waals surface area contributed by atoms with E-state index in [2.05, 4.69) is 31.0 Å². The topological polar surface area (TPSA) is 65.0 Å². The molecular formula is C17H19N3O2S. The molecule has 5 nitrogen and oxygen atoms in total. The average molecular weight is 329 g/mol. The summed E-state index contributed by atoms with van der Waals surface area (Å²) < 4.78 is 2.78. The predicted octanol–water partition coefficient (Wildman–Crippen LogP) is 2.44. The molecule has 3 rings (SSSR count). The molecule has 3 aromatic rings. The van der Waals surface area contributed by atoms with Gasteiger partial charge < -0.3 is 14.9 Å². The van der Waals surface area contributed by atoms with Crippen LogP contribution in [0.5, 0.6) is 0 Å². The Kier molecular flexibility index (Phi) is 4.54. The number of fused-ring (bicyclic) bond motifs is 1. The zero-order valence-electron chi connectivity index (χ0n) is 13.1. The van der Waals surface area contributed by atoms with Crippen LogP contribution >= 0.6 is 11.8 Å². The van der Waals surface area contributed by atoms with Crippen molar-refractivity contribution >= 4 is 22.8 Å². The number of nitrogens with zero attached hydrogens (tertiary/aromatic N) is 3. The summed E-state index contributed by atoms with van der Waals surface area (Å²) in [5.74, 6) is 0.455. The zero-order valence-corrected chi connectivity index (χ0v) is 14.0. The van der Waals surface area contributed by atoms with Gasteiger partial charge in [-0.15, -0.1) is 0 Å². The van der Waals surface area contributed by atoms with Gasteiger partial charge in [0.05, 0.1) is 30.0 Å². The maximum atomic E-state index is 11.6. The van der Waals surface area contributed by atoms with Gasteiger partial charge in [0.15, 0.2) is 6.20 Å². The molecule has 0 radical (unpaired) electrons. The third-order valence-electron chi connectivity index (χ3n) is 3.86. The number of rotatable bonds is 5. The standard InChI is InChI=1S/C17H19N3O2S/c1-12-7-15-16(8-13(12)2)19(11-18-15)9-14(21)10-23-17-5-3-4-6-20(17)22/h3-8,11,14,21H,9-10H2,1-2H3/t14-/m0/s1. The number of thioether (sulfide) groups is 1. The van der Waals surface area contributed by atoms with Gasteiger partial charge in [-0.2, -0.15) is 4.73 Å². The van der Waals surface area contributed by atoms with E-state index in [4.69, 9.17) is 0 Å². The van der Waals surface area contributed by atoms with E-state index in [-0.39, 0.29) is 0 Å². The summed E-state index contributed by atoms with van der Waals surface area (Å²) in [6.07, 6.45) is 2.66. The summed E-state index contributed by atoms with van der Waals surface area (Å²) in [4.78, 5) is 4.40.